The molecule has 5 heteroatoms. The summed E-state index contributed by atoms with van der Waals surface area (Å²) in [6, 6.07) is 10.3. The van der Waals surface area contributed by atoms with Crippen LogP contribution in [0.5, 0.6) is 0 Å². The topological polar surface area (TPSA) is 46.0 Å². The average Bonchev–Trinajstić information content (AvgIpc) is 3.63. The van der Waals surface area contributed by atoms with Crippen molar-refractivity contribution in [3.63, 3.8) is 0 Å². The van der Waals surface area contributed by atoms with Crippen LogP contribution in [0.2, 0.25) is 0 Å². The molecule has 1 saturated heterocycles. The zero-order chi connectivity index (χ0) is 24.5. The van der Waals surface area contributed by atoms with E-state index in [0.29, 0.717) is 12.1 Å². The molecule has 1 aromatic carbocycles. The molecule has 1 unspecified atom stereocenters. The highest BCUT2D eigenvalue weighted by molar-refractivity contribution is 5.94. The number of hydrogen-bond acceptors (Lipinski definition) is 4. The zero-order valence-corrected chi connectivity index (χ0v) is 22.3. The van der Waals surface area contributed by atoms with Gasteiger partial charge in [0.25, 0.3) is 0 Å². The fraction of sp³-hybridized carbons (Fsp3) is 0.613. The molecule has 0 radical (unpaired) electrons. The number of rotatable bonds is 8. The SMILES string of the molecule is CC(CC1CC1)Nc1ncc2c(-c3ccc(CC4CCN(C)CC4)cc3)cn(C3CCCCC3)c2n1. The third-order valence-electron chi connectivity index (χ3n) is 8.93. The average molecular weight is 486 g/mol. The minimum absolute atomic E-state index is 0.421. The molecule has 3 aliphatic rings. The standard InChI is InChI=1S/C31H43N5/c1-22(18-23-8-9-23)33-31-32-20-28-29(21-36(30(28)34-31)27-6-4-3-5-7-27)26-12-10-24(11-13-26)19-25-14-16-35(2)17-15-25/h10-13,20-23,25,27H,3-9,14-19H2,1-2H3,(H,32,33,34). The summed E-state index contributed by atoms with van der Waals surface area (Å²) >= 11 is 0. The van der Waals surface area contributed by atoms with E-state index in [2.05, 4.69) is 65.4 Å². The fourth-order valence-electron chi connectivity index (χ4n) is 6.52. The third-order valence-corrected chi connectivity index (χ3v) is 8.93. The number of piperidine rings is 1. The molecule has 3 heterocycles. The zero-order valence-electron chi connectivity index (χ0n) is 22.3. The molecule has 1 aliphatic heterocycles. The van der Waals surface area contributed by atoms with E-state index in [-0.39, 0.29) is 0 Å². The summed E-state index contributed by atoms with van der Waals surface area (Å²) < 4.78 is 2.48. The van der Waals surface area contributed by atoms with Gasteiger partial charge in [-0.15, -0.1) is 0 Å². The van der Waals surface area contributed by atoms with Gasteiger partial charge in [0.15, 0.2) is 0 Å². The summed E-state index contributed by atoms with van der Waals surface area (Å²) in [5.74, 6) is 2.50. The number of likely N-dealkylation sites (tertiary alicyclic amines) is 1. The van der Waals surface area contributed by atoms with E-state index >= 15 is 0 Å². The lowest BCUT2D eigenvalue weighted by molar-refractivity contribution is 0.219. The third kappa shape index (κ3) is 5.46. The number of anilines is 1. The van der Waals surface area contributed by atoms with Crippen LogP contribution in [0.15, 0.2) is 36.7 Å². The molecule has 3 fully saturated rings. The molecule has 2 aliphatic carbocycles. The van der Waals surface area contributed by atoms with Crippen LogP contribution in [0, 0.1) is 11.8 Å². The van der Waals surface area contributed by atoms with E-state index in [9.17, 15) is 0 Å². The van der Waals surface area contributed by atoms with Gasteiger partial charge in [-0.25, -0.2) is 4.98 Å². The Kier molecular flexibility index (Phi) is 7.01. The Morgan fingerprint density at radius 1 is 0.944 bits per heavy atom. The molecule has 2 saturated carbocycles. The Bertz CT molecular complexity index is 1150. The lowest BCUT2D eigenvalue weighted by Crippen LogP contribution is -2.30. The summed E-state index contributed by atoms with van der Waals surface area (Å²) in [5, 5.41) is 4.78. The Labute approximate surface area is 216 Å². The van der Waals surface area contributed by atoms with Crippen molar-refractivity contribution in [2.45, 2.75) is 89.6 Å². The van der Waals surface area contributed by atoms with E-state index in [1.807, 2.05) is 0 Å². The van der Waals surface area contributed by atoms with Crippen molar-refractivity contribution in [1.29, 1.82) is 0 Å². The molecule has 0 spiro atoms. The molecule has 1 N–H and O–H groups in total. The highest BCUT2D eigenvalue weighted by atomic mass is 15.2. The Balaban J connectivity index is 1.26. The molecule has 36 heavy (non-hydrogen) atoms. The van der Waals surface area contributed by atoms with Crippen molar-refractivity contribution in [3.05, 3.63) is 42.2 Å². The first-order chi connectivity index (χ1) is 17.6. The summed E-state index contributed by atoms with van der Waals surface area (Å²) in [6.07, 6.45) is 18.8. The second kappa shape index (κ2) is 10.5. The van der Waals surface area contributed by atoms with Crippen LogP contribution in [0.3, 0.4) is 0 Å². The lowest BCUT2D eigenvalue weighted by Gasteiger charge is -2.28. The van der Waals surface area contributed by atoms with Gasteiger partial charge >= 0.3 is 0 Å². The summed E-state index contributed by atoms with van der Waals surface area (Å²) in [4.78, 5) is 12.3. The van der Waals surface area contributed by atoms with Gasteiger partial charge in [0, 0.05) is 35.4 Å². The highest BCUT2D eigenvalue weighted by Gasteiger charge is 2.25. The maximum Gasteiger partial charge on any atom is 0.224 e. The highest BCUT2D eigenvalue weighted by Crippen LogP contribution is 2.37. The van der Waals surface area contributed by atoms with Crippen molar-refractivity contribution >= 4 is 17.0 Å². The monoisotopic (exact) mass is 485 g/mol. The van der Waals surface area contributed by atoms with E-state index in [0.717, 1.165) is 23.4 Å². The van der Waals surface area contributed by atoms with Gasteiger partial charge in [-0.05, 0) is 88.5 Å². The van der Waals surface area contributed by atoms with Crippen LogP contribution in [0.1, 0.15) is 82.7 Å². The molecule has 192 valence electrons. The Hall–Kier alpha value is -2.40. The first kappa shape index (κ1) is 24.0. The maximum atomic E-state index is 5.10. The smallest absolute Gasteiger partial charge is 0.224 e. The summed E-state index contributed by atoms with van der Waals surface area (Å²) in [7, 11) is 2.24. The van der Waals surface area contributed by atoms with Gasteiger partial charge in [-0.2, -0.15) is 4.98 Å². The number of benzene rings is 1. The maximum absolute atomic E-state index is 5.10. The van der Waals surface area contributed by atoms with E-state index in [4.69, 9.17) is 9.97 Å². The van der Waals surface area contributed by atoms with Crippen LogP contribution in [0.25, 0.3) is 22.2 Å². The molecular formula is C31H43N5. The predicted octanol–water partition coefficient (Wildman–Crippen LogP) is 7.09. The Morgan fingerprint density at radius 2 is 1.69 bits per heavy atom. The number of nitrogens with zero attached hydrogens (tertiary/aromatic N) is 4. The van der Waals surface area contributed by atoms with Crippen molar-refractivity contribution in [2.24, 2.45) is 11.8 Å². The minimum Gasteiger partial charge on any atom is -0.352 e. The molecular weight excluding hydrogens is 442 g/mol. The second-order valence-electron chi connectivity index (χ2n) is 12.0. The molecule has 2 aromatic heterocycles. The van der Waals surface area contributed by atoms with E-state index in [1.54, 1.807) is 0 Å². The largest absolute Gasteiger partial charge is 0.352 e. The first-order valence-electron chi connectivity index (χ1n) is 14.5. The lowest BCUT2D eigenvalue weighted by atomic mass is 9.90. The summed E-state index contributed by atoms with van der Waals surface area (Å²) in [6.45, 7) is 4.74. The van der Waals surface area contributed by atoms with Crippen molar-refractivity contribution in [2.75, 3.05) is 25.5 Å². The van der Waals surface area contributed by atoms with E-state index in [1.165, 1.54) is 106 Å². The van der Waals surface area contributed by atoms with Gasteiger partial charge in [0.2, 0.25) is 5.95 Å². The van der Waals surface area contributed by atoms with Crippen LogP contribution in [-0.2, 0) is 6.42 Å². The van der Waals surface area contributed by atoms with Gasteiger partial charge in [0.05, 0.1) is 0 Å². The molecule has 6 rings (SSSR count). The van der Waals surface area contributed by atoms with Gasteiger partial charge < -0.3 is 14.8 Å². The van der Waals surface area contributed by atoms with Crippen LogP contribution >= 0.6 is 0 Å². The normalized spacial score (nSPS) is 21.2. The van der Waals surface area contributed by atoms with Crippen molar-refractivity contribution in [1.82, 2.24) is 19.4 Å². The number of nitrogens with one attached hydrogen (secondary N) is 1. The second-order valence-corrected chi connectivity index (χ2v) is 12.0. The first-order valence-corrected chi connectivity index (χ1v) is 14.5. The number of hydrogen-bond donors (Lipinski definition) is 1. The van der Waals surface area contributed by atoms with Crippen LogP contribution in [0.4, 0.5) is 5.95 Å². The van der Waals surface area contributed by atoms with Crippen LogP contribution in [-0.4, -0.2) is 45.6 Å². The molecule has 3 aromatic rings. The predicted molar refractivity (Wildman–Crippen MR) is 149 cm³/mol. The molecule has 1 atom stereocenters. The quantitative estimate of drug-likeness (QED) is 0.370. The minimum atomic E-state index is 0.421. The van der Waals surface area contributed by atoms with Gasteiger partial charge in [0.1, 0.15) is 5.65 Å². The van der Waals surface area contributed by atoms with Crippen LogP contribution < -0.4 is 5.32 Å². The Morgan fingerprint density at radius 3 is 2.42 bits per heavy atom. The fourth-order valence-corrected chi connectivity index (χ4v) is 6.52. The number of aromatic nitrogens is 3. The van der Waals surface area contributed by atoms with Crippen molar-refractivity contribution in [3.8, 4) is 11.1 Å². The van der Waals surface area contributed by atoms with Gasteiger partial charge in [-0.1, -0.05) is 56.4 Å². The number of fused-ring (bicyclic) bond motifs is 1. The summed E-state index contributed by atoms with van der Waals surface area (Å²) in [5.41, 5.74) is 5.13. The van der Waals surface area contributed by atoms with Gasteiger partial charge in [-0.3, -0.25) is 0 Å². The van der Waals surface area contributed by atoms with E-state index < -0.39 is 0 Å². The molecule has 0 amide bonds. The molecule has 0 bridgehead atoms. The molecule has 5 nitrogen and oxygen atoms in total. The van der Waals surface area contributed by atoms with Crippen molar-refractivity contribution < 1.29 is 0 Å².